The highest BCUT2D eigenvalue weighted by molar-refractivity contribution is 5.36. The topological polar surface area (TPSA) is 18.5 Å². The Labute approximate surface area is 132 Å². The zero-order valence-corrected chi connectivity index (χ0v) is 13.3. The Morgan fingerprint density at radius 1 is 1.18 bits per heavy atom. The van der Waals surface area contributed by atoms with E-state index in [-0.39, 0.29) is 6.10 Å². The fraction of sp³-hybridized carbons (Fsp3) is 0.474. The van der Waals surface area contributed by atoms with Gasteiger partial charge in [0.05, 0.1) is 11.9 Å². The Hall–Kier alpha value is -1.77. The third-order valence-corrected chi connectivity index (χ3v) is 4.23. The molecule has 2 fully saturated rings. The number of ether oxygens (including phenoxy) is 2. The Bertz CT molecular complexity index is 506. The number of rotatable bonds is 8. The third-order valence-electron chi connectivity index (χ3n) is 4.23. The summed E-state index contributed by atoms with van der Waals surface area (Å²) in [6.45, 7) is 12.8. The van der Waals surface area contributed by atoms with Crippen LogP contribution < -0.4 is 0 Å². The lowest BCUT2D eigenvalue weighted by molar-refractivity contribution is -0.0459. The van der Waals surface area contributed by atoms with Crippen LogP contribution in [0.5, 0.6) is 0 Å². The average molecular weight is 304 g/mol. The van der Waals surface area contributed by atoms with Gasteiger partial charge in [0.1, 0.15) is 17.5 Å². The number of hydrogen-bond acceptors (Lipinski definition) is 2. The van der Waals surface area contributed by atoms with Crippen molar-refractivity contribution in [2.45, 2.75) is 56.9 Å². The number of allylic oxidation sites excluding steroid dienone is 6. The first-order chi connectivity index (χ1) is 10.5. The standard InChI is InChI=1S/C19H25FO2/c1-5-8-16(11-15(4)22-17-9-7-10-17)19(20)12-18(13-19)21-14(3)6-2/h5-6,8,11,17-18H,1-3,7,9-10,12-13H2,4H3/b15-11+,16-8+. The molecule has 0 bridgehead atoms. The summed E-state index contributed by atoms with van der Waals surface area (Å²) in [5.41, 5.74) is -0.784. The summed E-state index contributed by atoms with van der Waals surface area (Å²) in [6.07, 6.45) is 10.8. The Morgan fingerprint density at radius 2 is 1.86 bits per heavy atom. The molecule has 2 saturated carbocycles. The lowest BCUT2D eigenvalue weighted by atomic mass is 9.73. The maximum atomic E-state index is 15.0. The molecule has 0 aromatic carbocycles. The molecule has 2 nitrogen and oxygen atoms in total. The molecule has 0 spiro atoms. The second kappa shape index (κ2) is 6.99. The molecule has 120 valence electrons. The van der Waals surface area contributed by atoms with Crippen molar-refractivity contribution in [3.8, 4) is 0 Å². The molecule has 0 aliphatic heterocycles. The first-order valence-electron chi connectivity index (χ1n) is 7.82. The minimum atomic E-state index is -1.38. The molecule has 0 saturated heterocycles. The molecule has 3 heteroatoms. The van der Waals surface area contributed by atoms with Crippen molar-refractivity contribution in [3.05, 3.63) is 61.1 Å². The van der Waals surface area contributed by atoms with Crippen molar-refractivity contribution in [2.75, 3.05) is 0 Å². The highest BCUT2D eigenvalue weighted by atomic mass is 19.1. The normalized spacial score (nSPS) is 29.1. The molecule has 2 aliphatic carbocycles. The molecule has 22 heavy (non-hydrogen) atoms. The molecule has 0 N–H and O–H groups in total. The molecule has 0 atom stereocenters. The smallest absolute Gasteiger partial charge is 0.143 e. The summed E-state index contributed by atoms with van der Waals surface area (Å²) in [7, 11) is 0. The van der Waals surface area contributed by atoms with Gasteiger partial charge in [-0.1, -0.05) is 31.9 Å². The maximum absolute atomic E-state index is 15.0. The van der Waals surface area contributed by atoms with Gasteiger partial charge in [0.25, 0.3) is 0 Å². The second-order valence-electron chi connectivity index (χ2n) is 6.07. The van der Waals surface area contributed by atoms with Crippen LogP contribution in [0.3, 0.4) is 0 Å². The molecule has 0 amide bonds. The van der Waals surface area contributed by atoms with Gasteiger partial charge in [-0.25, -0.2) is 4.39 Å². The largest absolute Gasteiger partial charge is 0.495 e. The van der Waals surface area contributed by atoms with Crippen LogP contribution in [-0.2, 0) is 9.47 Å². The minimum absolute atomic E-state index is 0.148. The summed E-state index contributed by atoms with van der Waals surface area (Å²) < 4.78 is 26.3. The van der Waals surface area contributed by atoms with Gasteiger partial charge in [0, 0.05) is 12.8 Å². The van der Waals surface area contributed by atoms with E-state index in [2.05, 4.69) is 19.7 Å². The minimum Gasteiger partial charge on any atom is -0.495 e. The van der Waals surface area contributed by atoms with E-state index >= 15 is 4.39 Å². The summed E-state index contributed by atoms with van der Waals surface area (Å²) in [5.74, 6) is 1.25. The zero-order chi connectivity index (χ0) is 16.2. The Balaban J connectivity index is 1.97. The summed E-state index contributed by atoms with van der Waals surface area (Å²) >= 11 is 0. The van der Waals surface area contributed by atoms with Crippen molar-refractivity contribution >= 4 is 0 Å². The fourth-order valence-corrected chi connectivity index (χ4v) is 2.70. The monoisotopic (exact) mass is 304 g/mol. The van der Waals surface area contributed by atoms with Gasteiger partial charge < -0.3 is 9.47 Å². The van der Waals surface area contributed by atoms with Crippen molar-refractivity contribution in [1.29, 1.82) is 0 Å². The van der Waals surface area contributed by atoms with E-state index in [1.807, 2.05) is 6.92 Å². The predicted octanol–water partition coefficient (Wildman–Crippen LogP) is 5.16. The van der Waals surface area contributed by atoms with E-state index in [0.717, 1.165) is 18.6 Å². The molecule has 2 rings (SSSR count). The van der Waals surface area contributed by atoms with Gasteiger partial charge in [-0.05, 0) is 43.9 Å². The Kier molecular flexibility index (Phi) is 5.28. The highest BCUT2D eigenvalue weighted by Gasteiger charge is 2.48. The van der Waals surface area contributed by atoms with E-state index in [4.69, 9.17) is 9.47 Å². The van der Waals surface area contributed by atoms with Gasteiger partial charge in [0.15, 0.2) is 0 Å². The van der Waals surface area contributed by atoms with Crippen LogP contribution in [0.15, 0.2) is 61.1 Å². The molecular formula is C19H25FO2. The second-order valence-corrected chi connectivity index (χ2v) is 6.07. The van der Waals surface area contributed by atoms with Gasteiger partial charge in [-0.15, -0.1) is 0 Å². The quantitative estimate of drug-likeness (QED) is 0.455. The summed E-state index contributed by atoms with van der Waals surface area (Å²) in [4.78, 5) is 0. The predicted molar refractivity (Wildman–Crippen MR) is 88.0 cm³/mol. The van der Waals surface area contributed by atoms with Crippen LogP contribution in [0.25, 0.3) is 0 Å². The van der Waals surface area contributed by atoms with E-state index in [0.29, 0.717) is 30.3 Å². The number of alkyl halides is 1. The summed E-state index contributed by atoms with van der Waals surface area (Å²) in [5, 5.41) is 0. The van der Waals surface area contributed by atoms with Crippen molar-refractivity contribution in [2.24, 2.45) is 0 Å². The lowest BCUT2D eigenvalue weighted by Gasteiger charge is -2.42. The highest BCUT2D eigenvalue weighted by Crippen LogP contribution is 2.45. The molecular weight excluding hydrogens is 279 g/mol. The molecule has 0 radical (unpaired) electrons. The molecule has 0 heterocycles. The van der Waals surface area contributed by atoms with E-state index < -0.39 is 5.67 Å². The van der Waals surface area contributed by atoms with Crippen LogP contribution in [0, 0.1) is 0 Å². The zero-order valence-electron chi connectivity index (χ0n) is 13.3. The number of hydrogen-bond donors (Lipinski definition) is 0. The fourth-order valence-electron chi connectivity index (χ4n) is 2.70. The molecule has 2 aliphatic rings. The summed E-state index contributed by atoms with van der Waals surface area (Å²) in [6, 6.07) is 0. The van der Waals surface area contributed by atoms with Crippen LogP contribution in [0.2, 0.25) is 0 Å². The van der Waals surface area contributed by atoms with Crippen LogP contribution in [0.4, 0.5) is 4.39 Å². The van der Waals surface area contributed by atoms with Crippen molar-refractivity contribution in [1.82, 2.24) is 0 Å². The first-order valence-corrected chi connectivity index (χ1v) is 7.82. The lowest BCUT2D eigenvalue weighted by Crippen LogP contribution is -2.45. The van der Waals surface area contributed by atoms with Crippen LogP contribution >= 0.6 is 0 Å². The number of halogens is 1. The van der Waals surface area contributed by atoms with E-state index in [1.165, 1.54) is 12.5 Å². The van der Waals surface area contributed by atoms with Gasteiger partial charge in [0.2, 0.25) is 0 Å². The van der Waals surface area contributed by atoms with E-state index in [9.17, 15) is 0 Å². The van der Waals surface area contributed by atoms with Crippen LogP contribution in [-0.4, -0.2) is 17.9 Å². The average Bonchev–Trinajstić information content (AvgIpc) is 2.40. The van der Waals surface area contributed by atoms with Crippen molar-refractivity contribution in [3.63, 3.8) is 0 Å². The maximum Gasteiger partial charge on any atom is 0.143 e. The molecule has 0 aromatic heterocycles. The molecule has 0 unspecified atom stereocenters. The van der Waals surface area contributed by atoms with Gasteiger partial charge >= 0.3 is 0 Å². The van der Waals surface area contributed by atoms with Gasteiger partial charge in [-0.3, -0.25) is 0 Å². The third kappa shape index (κ3) is 3.90. The van der Waals surface area contributed by atoms with E-state index in [1.54, 1.807) is 18.2 Å². The van der Waals surface area contributed by atoms with Gasteiger partial charge in [-0.2, -0.15) is 0 Å². The van der Waals surface area contributed by atoms with Crippen molar-refractivity contribution < 1.29 is 13.9 Å². The SMILES string of the molecule is C=C/C=C(\C=C(/C)OC1CCC1)C1(F)CC(OC(=C)C=C)C1. The van der Waals surface area contributed by atoms with Crippen LogP contribution in [0.1, 0.15) is 39.0 Å². The first kappa shape index (κ1) is 16.6. The Morgan fingerprint density at radius 3 is 2.36 bits per heavy atom. The molecule has 0 aromatic rings.